The minimum atomic E-state index is -0.109. The molecule has 0 saturated heterocycles. The molecule has 18 heavy (non-hydrogen) atoms. The lowest BCUT2D eigenvalue weighted by Crippen LogP contribution is -2.25. The van der Waals surface area contributed by atoms with Crippen LogP contribution in [0.15, 0.2) is 18.2 Å². The van der Waals surface area contributed by atoms with Crippen LogP contribution in [-0.2, 0) is 4.74 Å². The fraction of sp³-hybridized carbons (Fsp3) is 0.571. The van der Waals surface area contributed by atoms with Crippen molar-refractivity contribution in [2.75, 3.05) is 25.6 Å². The fourth-order valence-corrected chi connectivity index (χ4v) is 1.73. The summed E-state index contributed by atoms with van der Waals surface area (Å²) in [5.41, 5.74) is 0.887. The van der Waals surface area contributed by atoms with E-state index < -0.39 is 0 Å². The van der Waals surface area contributed by atoms with Gasteiger partial charge < -0.3 is 14.8 Å². The van der Waals surface area contributed by atoms with E-state index in [9.17, 15) is 0 Å². The van der Waals surface area contributed by atoms with Gasteiger partial charge in [-0.2, -0.15) is 0 Å². The number of anilines is 1. The molecule has 1 N–H and O–H groups in total. The molecule has 0 bridgehead atoms. The summed E-state index contributed by atoms with van der Waals surface area (Å²) < 4.78 is 10.8. The van der Waals surface area contributed by atoms with E-state index in [4.69, 9.17) is 21.1 Å². The number of benzene rings is 1. The molecule has 0 saturated carbocycles. The first-order valence-electron chi connectivity index (χ1n) is 6.20. The topological polar surface area (TPSA) is 30.5 Å². The van der Waals surface area contributed by atoms with Crippen molar-refractivity contribution < 1.29 is 9.47 Å². The normalized spacial score (nSPS) is 11.4. The average molecular weight is 272 g/mol. The molecule has 0 spiro atoms. The van der Waals surface area contributed by atoms with E-state index in [1.807, 2.05) is 25.1 Å². The smallest absolute Gasteiger partial charge is 0.138 e. The van der Waals surface area contributed by atoms with E-state index in [1.54, 1.807) is 7.11 Å². The molecule has 1 aromatic rings. The van der Waals surface area contributed by atoms with E-state index in [0.717, 1.165) is 24.4 Å². The highest BCUT2D eigenvalue weighted by Crippen LogP contribution is 2.27. The van der Waals surface area contributed by atoms with Crippen molar-refractivity contribution in [1.29, 1.82) is 0 Å². The minimum absolute atomic E-state index is 0.109. The zero-order valence-electron chi connectivity index (χ0n) is 11.5. The Bertz CT molecular complexity index is 380. The quantitative estimate of drug-likeness (QED) is 0.814. The molecule has 0 aliphatic rings. The van der Waals surface area contributed by atoms with Gasteiger partial charge in [0.1, 0.15) is 5.75 Å². The van der Waals surface area contributed by atoms with Crippen molar-refractivity contribution >= 4 is 17.3 Å². The molecule has 1 aromatic carbocycles. The summed E-state index contributed by atoms with van der Waals surface area (Å²) in [6, 6.07) is 5.73. The van der Waals surface area contributed by atoms with Crippen LogP contribution in [0.5, 0.6) is 5.75 Å². The van der Waals surface area contributed by atoms with E-state index >= 15 is 0 Å². The summed E-state index contributed by atoms with van der Waals surface area (Å²) >= 11 is 6.11. The Morgan fingerprint density at radius 1 is 1.33 bits per heavy atom. The van der Waals surface area contributed by atoms with Crippen LogP contribution in [0.2, 0.25) is 5.02 Å². The highest BCUT2D eigenvalue weighted by molar-refractivity contribution is 6.32. The van der Waals surface area contributed by atoms with Gasteiger partial charge in [-0.3, -0.25) is 0 Å². The minimum Gasteiger partial charge on any atom is -0.492 e. The van der Waals surface area contributed by atoms with Crippen LogP contribution in [0.3, 0.4) is 0 Å². The third-order valence-corrected chi connectivity index (χ3v) is 3.14. The van der Waals surface area contributed by atoms with Crippen LogP contribution in [0.4, 0.5) is 5.69 Å². The average Bonchev–Trinajstić information content (AvgIpc) is 2.32. The summed E-state index contributed by atoms with van der Waals surface area (Å²) in [4.78, 5) is 0. The van der Waals surface area contributed by atoms with Gasteiger partial charge in [-0.05, 0) is 45.4 Å². The van der Waals surface area contributed by atoms with E-state index in [1.165, 1.54) is 0 Å². The number of hydrogen-bond acceptors (Lipinski definition) is 3. The molecule has 4 heteroatoms. The number of methoxy groups -OCH3 is 1. The molecule has 0 aliphatic carbocycles. The maximum Gasteiger partial charge on any atom is 0.138 e. The van der Waals surface area contributed by atoms with Crippen molar-refractivity contribution in [1.82, 2.24) is 0 Å². The van der Waals surface area contributed by atoms with E-state index in [2.05, 4.69) is 19.2 Å². The maximum atomic E-state index is 6.11. The first kappa shape index (κ1) is 15.1. The molecule has 0 aromatic heterocycles. The zero-order valence-corrected chi connectivity index (χ0v) is 12.3. The van der Waals surface area contributed by atoms with Crippen molar-refractivity contribution in [2.24, 2.45) is 0 Å². The molecular weight excluding hydrogens is 250 g/mol. The largest absolute Gasteiger partial charge is 0.492 e. The predicted octanol–water partition coefficient (Wildman–Crippen LogP) is 3.97. The molecule has 0 atom stereocenters. The van der Waals surface area contributed by atoms with Gasteiger partial charge in [0.25, 0.3) is 0 Å². The van der Waals surface area contributed by atoms with Crippen molar-refractivity contribution in [3.63, 3.8) is 0 Å². The van der Waals surface area contributed by atoms with Gasteiger partial charge in [-0.25, -0.2) is 0 Å². The summed E-state index contributed by atoms with van der Waals surface area (Å²) in [5.74, 6) is 0.724. The molecule has 0 fully saturated rings. The highest BCUT2D eigenvalue weighted by Gasteiger charge is 2.15. The fourth-order valence-electron chi connectivity index (χ4n) is 1.49. The van der Waals surface area contributed by atoms with Gasteiger partial charge in [0, 0.05) is 19.3 Å². The van der Waals surface area contributed by atoms with Gasteiger partial charge in [0.15, 0.2) is 0 Å². The lowest BCUT2D eigenvalue weighted by atomic mass is 10.1. The molecule has 1 rings (SSSR count). The first-order chi connectivity index (χ1) is 8.48. The number of nitrogens with one attached hydrogen (secondary N) is 1. The second kappa shape index (κ2) is 6.86. The van der Waals surface area contributed by atoms with Crippen molar-refractivity contribution in [3.8, 4) is 5.75 Å². The standard InChI is InChI=1S/C14H22ClNO2/c1-5-18-13-7-6-11(10-12(13)15)16-9-8-14(2,3)17-4/h6-7,10,16H,5,8-9H2,1-4H3. The van der Waals surface area contributed by atoms with Crippen LogP contribution < -0.4 is 10.1 Å². The highest BCUT2D eigenvalue weighted by atomic mass is 35.5. The Kier molecular flexibility index (Phi) is 5.76. The van der Waals surface area contributed by atoms with Crippen LogP contribution in [0.25, 0.3) is 0 Å². The van der Waals surface area contributed by atoms with Crippen molar-refractivity contribution in [3.05, 3.63) is 23.2 Å². The summed E-state index contributed by atoms with van der Waals surface area (Å²) in [5, 5.41) is 3.96. The summed E-state index contributed by atoms with van der Waals surface area (Å²) in [6.07, 6.45) is 0.925. The molecule has 0 radical (unpaired) electrons. The zero-order chi connectivity index (χ0) is 13.6. The Balaban J connectivity index is 2.51. The molecule has 3 nitrogen and oxygen atoms in total. The first-order valence-corrected chi connectivity index (χ1v) is 6.57. The van der Waals surface area contributed by atoms with E-state index in [0.29, 0.717) is 11.6 Å². The number of hydrogen-bond donors (Lipinski definition) is 1. The number of ether oxygens (including phenoxy) is 2. The third-order valence-electron chi connectivity index (χ3n) is 2.84. The number of halogens is 1. The van der Waals surface area contributed by atoms with Crippen molar-refractivity contribution in [2.45, 2.75) is 32.8 Å². The molecular formula is C14H22ClNO2. The van der Waals surface area contributed by atoms with Crippen LogP contribution in [0, 0.1) is 0 Å². The van der Waals surface area contributed by atoms with Gasteiger partial charge in [0.2, 0.25) is 0 Å². The Morgan fingerprint density at radius 3 is 2.61 bits per heavy atom. The summed E-state index contributed by atoms with van der Waals surface area (Å²) in [7, 11) is 1.73. The van der Waals surface area contributed by atoms with Crippen LogP contribution >= 0.6 is 11.6 Å². The molecule has 0 heterocycles. The lowest BCUT2D eigenvalue weighted by molar-refractivity contribution is 0.0185. The van der Waals surface area contributed by atoms with Gasteiger partial charge in [-0.1, -0.05) is 11.6 Å². The lowest BCUT2D eigenvalue weighted by Gasteiger charge is -2.23. The Hall–Kier alpha value is -0.930. The monoisotopic (exact) mass is 271 g/mol. The number of rotatable bonds is 7. The van der Waals surface area contributed by atoms with Gasteiger partial charge >= 0.3 is 0 Å². The van der Waals surface area contributed by atoms with E-state index in [-0.39, 0.29) is 5.60 Å². The van der Waals surface area contributed by atoms with Gasteiger partial charge in [-0.15, -0.1) is 0 Å². The summed E-state index contributed by atoms with van der Waals surface area (Å²) in [6.45, 7) is 7.54. The second-order valence-electron chi connectivity index (χ2n) is 4.72. The molecule has 0 aliphatic heterocycles. The maximum absolute atomic E-state index is 6.11. The van der Waals surface area contributed by atoms with Crippen LogP contribution in [-0.4, -0.2) is 25.9 Å². The van der Waals surface area contributed by atoms with Gasteiger partial charge in [0.05, 0.1) is 17.2 Å². The van der Waals surface area contributed by atoms with Crippen LogP contribution in [0.1, 0.15) is 27.2 Å². The predicted molar refractivity (Wildman–Crippen MR) is 76.8 cm³/mol. The molecule has 102 valence electrons. The molecule has 0 amide bonds. The SMILES string of the molecule is CCOc1ccc(NCCC(C)(C)OC)cc1Cl. The Morgan fingerprint density at radius 2 is 2.06 bits per heavy atom. The third kappa shape index (κ3) is 4.75. The molecule has 0 unspecified atom stereocenters. The second-order valence-corrected chi connectivity index (χ2v) is 5.13. The Labute approximate surface area is 114 Å².